The summed E-state index contributed by atoms with van der Waals surface area (Å²) in [6.07, 6.45) is 3.90. The van der Waals surface area contributed by atoms with Crippen LogP contribution in [-0.2, 0) is 18.0 Å². The predicted octanol–water partition coefficient (Wildman–Crippen LogP) is 3.55. The first-order chi connectivity index (χ1) is 16.9. The summed E-state index contributed by atoms with van der Waals surface area (Å²) in [7, 11) is 2.20. The molecule has 0 amide bonds. The lowest BCUT2D eigenvalue weighted by atomic mass is 9.52. The third-order valence-corrected chi connectivity index (χ3v) is 10.8. The van der Waals surface area contributed by atoms with Crippen molar-refractivity contribution in [1.29, 1.82) is 0 Å². The molecule has 8 rings (SSSR count). The molecule has 5 fully saturated rings. The number of nitrogens with zero attached hydrogens (tertiary/aromatic N) is 5. The van der Waals surface area contributed by atoms with E-state index in [1.165, 1.54) is 6.42 Å². The van der Waals surface area contributed by atoms with E-state index >= 15 is 4.39 Å². The highest BCUT2D eigenvalue weighted by Crippen LogP contribution is 2.61. The topological polar surface area (TPSA) is 54.0 Å². The zero-order valence-corrected chi connectivity index (χ0v) is 21.3. The average Bonchev–Trinajstić information content (AvgIpc) is 3.51. The van der Waals surface area contributed by atoms with Crippen LogP contribution in [0.5, 0.6) is 6.01 Å². The largest absolute Gasteiger partial charge is 0.461 e. The molecular formula is C25H28BrF2N5O2. The number of aromatic nitrogens is 2. The molecule has 0 bridgehead atoms. The molecule has 6 aliphatic rings. The van der Waals surface area contributed by atoms with Crippen molar-refractivity contribution in [2.45, 2.75) is 74.7 Å². The number of likely N-dealkylation sites (tertiary alicyclic amines) is 1. The number of alkyl halides is 1. The van der Waals surface area contributed by atoms with Crippen LogP contribution < -0.4 is 9.64 Å². The Bertz CT molecular complexity index is 1270. The van der Waals surface area contributed by atoms with Crippen molar-refractivity contribution >= 4 is 32.7 Å². The van der Waals surface area contributed by atoms with Gasteiger partial charge in [0.25, 0.3) is 0 Å². The molecule has 1 spiro atoms. The number of halogens is 3. The van der Waals surface area contributed by atoms with Crippen LogP contribution in [0, 0.1) is 5.82 Å². The van der Waals surface area contributed by atoms with Gasteiger partial charge in [0.15, 0.2) is 5.82 Å². The fraction of sp³-hybridized carbons (Fsp3) is 0.680. The van der Waals surface area contributed by atoms with Crippen molar-refractivity contribution in [1.82, 2.24) is 19.8 Å². The Balaban J connectivity index is 1.23. The second-order valence-corrected chi connectivity index (χ2v) is 12.1. The number of hydrogen-bond donors (Lipinski definition) is 0. The highest BCUT2D eigenvalue weighted by Gasteiger charge is 2.74. The molecule has 3 unspecified atom stereocenters. The Hall–Kier alpha value is -1.62. The van der Waals surface area contributed by atoms with E-state index in [-0.39, 0.29) is 22.6 Å². The summed E-state index contributed by atoms with van der Waals surface area (Å²) in [4.78, 5) is 16.6. The minimum absolute atomic E-state index is 0.185. The second-order valence-electron chi connectivity index (χ2n) is 11.3. The number of likely N-dealkylation sites (N-methyl/N-ethyl adjacent to an activating group) is 1. The van der Waals surface area contributed by atoms with E-state index < -0.39 is 12.0 Å². The molecule has 1 aromatic carbocycles. The van der Waals surface area contributed by atoms with Gasteiger partial charge in [-0.25, -0.2) is 8.78 Å². The van der Waals surface area contributed by atoms with Gasteiger partial charge in [0.1, 0.15) is 24.1 Å². The molecule has 5 atom stereocenters. The first kappa shape index (κ1) is 21.5. The van der Waals surface area contributed by atoms with Crippen molar-refractivity contribution in [3.05, 3.63) is 21.4 Å². The van der Waals surface area contributed by atoms with Crippen molar-refractivity contribution < 1.29 is 18.3 Å². The zero-order valence-electron chi connectivity index (χ0n) is 19.7. The first-order valence-corrected chi connectivity index (χ1v) is 13.5. The molecule has 1 aliphatic carbocycles. The Labute approximate surface area is 210 Å². The van der Waals surface area contributed by atoms with Crippen LogP contribution in [0.15, 0.2) is 4.47 Å². The summed E-state index contributed by atoms with van der Waals surface area (Å²) in [6, 6.07) is 0.950. The van der Waals surface area contributed by atoms with E-state index in [9.17, 15) is 4.39 Å². The summed E-state index contributed by atoms with van der Waals surface area (Å²) in [6.45, 7) is 3.47. The van der Waals surface area contributed by atoms with Gasteiger partial charge >= 0.3 is 6.01 Å². The van der Waals surface area contributed by atoms with Crippen LogP contribution in [0.1, 0.15) is 43.2 Å². The maximum Gasteiger partial charge on any atom is 0.319 e. The van der Waals surface area contributed by atoms with E-state index in [2.05, 4.69) is 42.7 Å². The van der Waals surface area contributed by atoms with Crippen molar-refractivity contribution in [2.75, 3.05) is 38.2 Å². The third-order valence-electron chi connectivity index (χ3n) is 9.97. The van der Waals surface area contributed by atoms with Crippen LogP contribution >= 0.6 is 15.9 Å². The Morgan fingerprint density at radius 3 is 2.80 bits per heavy atom. The van der Waals surface area contributed by atoms with Crippen molar-refractivity contribution in [2.24, 2.45) is 0 Å². The van der Waals surface area contributed by atoms with E-state index in [4.69, 9.17) is 14.5 Å². The molecule has 0 N–H and O–H groups in total. The molecule has 186 valence electrons. The van der Waals surface area contributed by atoms with Gasteiger partial charge in [0, 0.05) is 25.1 Å². The van der Waals surface area contributed by atoms with Gasteiger partial charge in [-0.3, -0.25) is 9.80 Å². The lowest BCUT2D eigenvalue weighted by Gasteiger charge is -2.80. The first-order valence-electron chi connectivity index (χ1n) is 12.7. The van der Waals surface area contributed by atoms with E-state index in [1.54, 1.807) is 0 Å². The highest BCUT2D eigenvalue weighted by molar-refractivity contribution is 9.10. The molecule has 10 heteroatoms. The number of ether oxygens (including phenoxy) is 2. The molecule has 7 nitrogen and oxygen atoms in total. The van der Waals surface area contributed by atoms with E-state index in [0.29, 0.717) is 49.3 Å². The zero-order chi connectivity index (χ0) is 23.7. The molecule has 6 heterocycles. The van der Waals surface area contributed by atoms with Crippen LogP contribution in [0.3, 0.4) is 0 Å². The number of fused-ring (bicyclic) bond motifs is 4. The monoisotopic (exact) mass is 547 g/mol. The minimum atomic E-state index is -0.827. The van der Waals surface area contributed by atoms with Crippen molar-refractivity contribution in [3.8, 4) is 6.01 Å². The molecule has 2 aromatic rings. The lowest BCUT2D eigenvalue weighted by molar-refractivity contribution is -0.164. The molecule has 1 saturated carbocycles. The number of piperazine rings is 1. The fourth-order valence-electron chi connectivity index (χ4n) is 8.12. The van der Waals surface area contributed by atoms with Gasteiger partial charge in [0.05, 0.1) is 46.2 Å². The maximum atomic E-state index is 15.7. The van der Waals surface area contributed by atoms with Gasteiger partial charge in [0.2, 0.25) is 0 Å². The lowest BCUT2D eigenvalue weighted by Crippen LogP contribution is -2.95. The summed E-state index contributed by atoms with van der Waals surface area (Å²) < 4.78 is 42.3. The molecule has 35 heavy (non-hydrogen) atoms. The molecule has 0 radical (unpaired) electrons. The maximum absolute atomic E-state index is 15.7. The average molecular weight is 548 g/mol. The smallest absolute Gasteiger partial charge is 0.319 e. The van der Waals surface area contributed by atoms with Gasteiger partial charge in [-0.05, 0) is 60.8 Å². The number of benzene rings is 1. The molecule has 4 saturated heterocycles. The Morgan fingerprint density at radius 2 is 2.03 bits per heavy atom. The number of rotatable bonds is 4. The third kappa shape index (κ3) is 2.54. The van der Waals surface area contributed by atoms with E-state index in [0.717, 1.165) is 54.7 Å². The van der Waals surface area contributed by atoms with E-state index in [1.807, 2.05) is 0 Å². The summed E-state index contributed by atoms with van der Waals surface area (Å²) in [5.41, 5.74) is 2.03. The van der Waals surface area contributed by atoms with Gasteiger partial charge < -0.3 is 14.4 Å². The molecule has 5 aliphatic heterocycles. The van der Waals surface area contributed by atoms with Crippen molar-refractivity contribution in [3.63, 3.8) is 0 Å². The van der Waals surface area contributed by atoms with Crippen LogP contribution in [0.4, 0.5) is 14.6 Å². The molecular weight excluding hydrogens is 520 g/mol. The molecule has 1 aromatic heterocycles. The number of hydrogen-bond acceptors (Lipinski definition) is 7. The van der Waals surface area contributed by atoms with Gasteiger partial charge in [-0.2, -0.15) is 9.97 Å². The highest BCUT2D eigenvalue weighted by atomic mass is 79.9. The number of piperidine rings is 1. The normalized spacial score (nSPS) is 37.4. The van der Waals surface area contributed by atoms with Gasteiger partial charge in [-0.1, -0.05) is 0 Å². The fourth-order valence-corrected chi connectivity index (χ4v) is 8.66. The SMILES string of the molecule is CN1CC2N(c3nc(OC[C@@]45CCCN4C[C@H](F)C5)nc4c(F)c(Br)c5c(c34)COC5)C3CCC321. The van der Waals surface area contributed by atoms with Crippen LogP contribution in [-0.4, -0.2) is 82.4 Å². The Kier molecular flexibility index (Phi) is 4.31. The summed E-state index contributed by atoms with van der Waals surface area (Å²) in [5, 5.41) is 0.756. The standard InChI is InChI=1S/C25H28BrF2N5O2/c1-31-9-17-25(31)5-3-16(25)33(17)22-18-14-10-34-11-15(14)19(26)20(28)21(18)29-23(30-22)35-12-24-4-2-6-32(24)8-13(27)7-24/h13,16-17H,2-12H2,1H3/t13-,16?,17?,24+,25?/m1/s1. The minimum Gasteiger partial charge on any atom is -0.461 e. The van der Waals surface area contributed by atoms with Crippen LogP contribution in [0.25, 0.3) is 10.9 Å². The Morgan fingerprint density at radius 1 is 1.17 bits per heavy atom. The summed E-state index contributed by atoms with van der Waals surface area (Å²) >= 11 is 3.45. The summed E-state index contributed by atoms with van der Waals surface area (Å²) in [5.74, 6) is 0.376. The predicted molar refractivity (Wildman–Crippen MR) is 129 cm³/mol. The quantitative estimate of drug-likeness (QED) is 0.580. The number of anilines is 1. The van der Waals surface area contributed by atoms with Crippen LogP contribution in [0.2, 0.25) is 0 Å². The second kappa shape index (κ2) is 7.02. The van der Waals surface area contributed by atoms with Gasteiger partial charge in [-0.15, -0.1) is 0 Å².